The van der Waals surface area contributed by atoms with Gasteiger partial charge in [0.2, 0.25) is 0 Å². The molecule has 0 bridgehead atoms. The first-order chi connectivity index (χ1) is 9.28. The number of rotatable bonds is 2. The molecule has 1 atom stereocenters. The van der Waals surface area contributed by atoms with Gasteiger partial charge >= 0.3 is 0 Å². The third-order valence-electron chi connectivity index (χ3n) is 4.89. The van der Waals surface area contributed by atoms with Crippen molar-refractivity contribution in [2.24, 2.45) is 5.92 Å². The summed E-state index contributed by atoms with van der Waals surface area (Å²) in [5.74, 6) is 1.92. The third-order valence-corrected chi connectivity index (χ3v) is 4.89. The van der Waals surface area contributed by atoms with E-state index in [1.165, 1.54) is 50.8 Å². The number of hydrogen-bond acceptors (Lipinski definition) is 2. The number of methoxy groups -OCH3 is 1. The van der Waals surface area contributed by atoms with Crippen LogP contribution >= 0.6 is 0 Å². The molecule has 0 aromatic heterocycles. The van der Waals surface area contributed by atoms with Gasteiger partial charge in [-0.2, -0.15) is 0 Å². The molecule has 1 aromatic rings. The summed E-state index contributed by atoms with van der Waals surface area (Å²) >= 11 is 0. The maximum Gasteiger partial charge on any atom is 0.119 e. The van der Waals surface area contributed by atoms with Crippen LogP contribution in [0.3, 0.4) is 0 Å². The third kappa shape index (κ3) is 2.64. The highest BCUT2D eigenvalue weighted by Crippen LogP contribution is 2.37. The van der Waals surface area contributed by atoms with Crippen molar-refractivity contribution in [1.82, 2.24) is 4.90 Å². The lowest BCUT2D eigenvalue weighted by atomic mass is 9.85. The van der Waals surface area contributed by atoms with Crippen LogP contribution in [0.4, 0.5) is 0 Å². The molecule has 2 nitrogen and oxygen atoms in total. The molecule has 1 heterocycles. The molecule has 2 aliphatic rings. The average Bonchev–Trinajstić information content (AvgIpc) is 2.47. The van der Waals surface area contributed by atoms with Crippen molar-refractivity contribution in [3.63, 3.8) is 0 Å². The van der Waals surface area contributed by atoms with E-state index in [0.717, 1.165) is 11.7 Å². The Hall–Kier alpha value is -1.02. The van der Waals surface area contributed by atoms with E-state index in [-0.39, 0.29) is 0 Å². The Bertz CT molecular complexity index is 435. The molecular weight excluding hydrogens is 234 g/mol. The molecule has 0 spiro atoms. The lowest BCUT2D eigenvalue weighted by Gasteiger charge is -2.39. The fourth-order valence-corrected chi connectivity index (χ4v) is 3.61. The van der Waals surface area contributed by atoms with E-state index in [9.17, 15) is 0 Å². The van der Waals surface area contributed by atoms with Gasteiger partial charge in [0.05, 0.1) is 7.11 Å². The summed E-state index contributed by atoms with van der Waals surface area (Å²) in [6.07, 6.45) is 6.59. The number of piperidine rings is 1. The Balaban J connectivity index is 1.82. The highest BCUT2D eigenvalue weighted by Gasteiger charge is 2.28. The van der Waals surface area contributed by atoms with Crippen LogP contribution in [0.5, 0.6) is 5.75 Å². The van der Waals surface area contributed by atoms with Crippen molar-refractivity contribution in [3.05, 3.63) is 29.3 Å². The van der Waals surface area contributed by atoms with E-state index in [2.05, 4.69) is 30.0 Å². The van der Waals surface area contributed by atoms with Gasteiger partial charge in [-0.1, -0.05) is 13.0 Å². The van der Waals surface area contributed by atoms with Crippen LogP contribution in [-0.2, 0) is 6.42 Å². The predicted molar refractivity (Wildman–Crippen MR) is 78.6 cm³/mol. The Morgan fingerprint density at radius 2 is 1.95 bits per heavy atom. The van der Waals surface area contributed by atoms with Gasteiger partial charge in [0.25, 0.3) is 0 Å². The molecule has 3 rings (SSSR count). The molecule has 1 fully saturated rings. The first-order valence-corrected chi connectivity index (χ1v) is 7.69. The second-order valence-corrected chi connectivity index (χ2v) is 6.19. The van der Waals surface area contributed by atoms with Crippen LogP contribution in [0.2, 0.25) is 0 Å². The highest BCUT2D eigenvalue weighted by molar-refractivity contribution is 5.39. The zero-order valence-corrected chi connectivity index (χ0v) is 12.2. The molecule has 19 heavy (non-hydrogen) atoms. The lowest BCUT2D eigenvalue weighted by Crippen LogP contribution is -2.37. The Kier molecular flexibility index (Phi) is 3.79. The van der Waals surface area contributed by atoms with Gasteiger partial charge in [-0.3, -0.25) is 4.90 Å². The summed E-state index contributed by atoms with van der Waals surface area (Å²) in [7, 11) is 1.76. The predicted octanol–water partition coefficient (Wildman–Crippen LogP) is 3.80. The number of nitrogens with zero attached hydrogens (tertiary/aromatic N) is 1. The summed E-state index contributed by atoms with van der Waals surface area (Å²) in [5, 5.41) is 0. The summed E-state index contributed by atoms with van der Waals surface area (Å²) in [6.45, 7) is 4.94. The van der Waals surface area contributed by atoms with Gasteiger partial charge in [0.15, 0.2) is 0 Å². The first kappa shape index (κ1) is 13.0. The fraction of sp³-hybridized carbons (Fsp3) is 0.647. The van der Waals surface area contributed by atoms with Crippen molar-refractivity contribution in [1.29, 1.82) is 0 Å². The van der Waals surface area contributed by atoms with Crippen molar-refractivity contribution in [2.45, 2.75) is 45.1 Å². The highest BCUT2D eigenvalue weighted by atomic mass is 16.5. The number of hydrogen-bond donors (Lipinski definition) is 0. The first-order valence-electron chi connectivity index (χ1n) is 7.69. The van der Waals surface area contributed by atoms with Crippen LogP contribution in [0.1, 0.15) is 49.8 Å². The molecule has 2 heteroatoms. The summed E-state index contributed by atoms with van der Waals surface area (Å²) in [6, 6.07) is 7.33. The van der Waals surface area contributed by atoms with E-state index in [1.54, 1.807) is 12.7 Å². The van der Waals surface area contributed by atoms with Crippen LogP contribution in [0.25, 0.3) is 0 Å². The minimum atomic E-state index is 0.655. The second-order valence-electron chi connectivity index (χ2n) is 6.19. The molecule has 1 saturated heterocycles. The van der Waals surface area contributed by atoms with Crippen molar-refractivity contribution in [3.8, 4) is 5.75 Å². The molecule has 1 aliphatic heterocycles. The summed E-state index contributed by atoms with van der Waals surface area (Å²) in [4.78, 5) is 2.71. The number of benzene rings is 1. The van der Waals surface area contributed by atoms with Crippen LogP contribution in [-0.4, -0.2) is 25.1 Å². The number of aryl methyl sites for hydroxylation is 1. The number of fused-ring (bicyclic) bond motifs is 1. The fourth-order valence-electron chi connectivity index (χ4n) is 3.61. The van der Waals surface area contributed by atoms with Gasteiger partial charge in [0, 0.05) is 6.04 Å². The topological polar surface area (TPSA) is 12.5 Å². The van der Waals surface area contributed by atoms with Gasteiger partial charge in [-0.05, 0) is 74.4 Å². The molecular formula is C17H25NO. The lowest BCUT2D eigenvalue weighted by molar-refractivity contribution is 0.125. The summed E-state index contributed by atoms with van der Waals surface area (Å²) < 4.78 is 5.36. The summed E-state index contributed by atoms with van der Waals surface area (Å²) in [5.41, 5.74) is 3.07. The maximum atomic E-state index is 5.36. The average molecular weight is 259 g/mol. The SMILES string of the molecule is COc1ccc2c(c1)CCCC2N1CCC(C)CC1. The van der Waals surface area contributed by atoms with Crippen molar-refractivity contribution in [2.75, 3.05) is 20.2 Å². The molecule has 1 aromatic carbocycles. The van der Waals surface area contributed by atoms with Gasteiger partial charge < -0.3 is 4.74 Å². The molecule has 1 unspecified atom stereocenters. The van der Waals surface area contributed by atoms with Gasteiger partial charge in [0.1, 0.15) is 5.75 Å². The van der Waals surface area contributed by atoms with E-state index >= 15 is 0 Å². The van der Waals surface area contributed by atoms with Gasteiger partial charge in [-0.25, -0.2) is 0 Å². The van der Waals surface area contributed by atoms with Crippen LogP contribution < -0.4 is 4.74 Å². The molecule has 1 aliphatic carbocycles. The molecule has 104 valence electrons. The van der Waals surface area contributed by atoms with Gasteiger partial charge in [-0.15, -0.1) is 0 Å². The van der Waals surface area contributed by atoms with E-state index in [1.807, 2.05) is 0 Å². The number of likely N-dealkylation sites (tertiary alicyclic amines) is 1. The smallest absolute Gasteiger partial charge is 0.119 e. The van der Waals surface area contributed by atoms with Crippen molar-refractivity contribution >= 4 is 0 Å². The van der Waals surface area contributed by atoms with Crippen LogP contribution in [0, 0.1) is 5.92 Å². The quantitative estimate of drug-likeness (QED) is 0.801. The second kappa shape index (κ2) is 5.54. The zero-order valence-electron chi connectivity index (χ0n) is 12.2. The molecule has 0 radical (unpaired) electrons. The maximum absolute atomic E-state index is 5.36. The largest absolute Gasteiger partial charge is 0.497 e. The van der Waals surface area contributed by atoms with E-state index in [4.69, 9.17) is 4.74 Å². The Morgan fingerprint density at radius 1 is 1.16 bits per heavy atom. The molecule has 0 N–H and O–H groups in total. The molecule has 0 amide bonds. The van der Waals surface area contributed by atoms with Crippen LogP contribution in [0.15, 0.2) is 18.2 Å². The molecule has 0 saturated carbocycles. The monoisotopic (exact) mass is 259 g/mol. The number of ether oxygens (including phenoxy) is 1. The minimum absolute atomic E-state index is 0.655. The normalized spacial score (nSPS) is 25.1. The standard InChI is InChI=1S/C17H25NO/c1-13-8-10-18(11-9-13)17-5-3-4-14-12-15(19-2)6-7-16(14)17/h6-7,12-13,17H,3-5,8-11H2,1-2H3. The zero-order chi connectivity index (χ0) is 13.2. The van der Waals surface area contributed by atoms with E-state index in [0.29, 0.717) is 6.04 Å². The van der Waals surface area contributed by atoms with Crippen molar-refractivity contribution < 1.29 is 4.74 Å². The Labute approximate surface area is 116 Å². The van der Waals surface area contributed by atoms with E-state index < -0.39 is 0 Å². The Morgan fingerprint density at radius 3 is 2.68 bits per heavy atom. The minimum Gasteiger partial charge on any atom is -0.497 e.